The van der Waals surface area contributed by atoms with E-state index in [4.69, 9.17) is 0 Å². The number of hydrogen-bond donors (Lipinski definition) is 2. The average molecular weight is 295 g/mol. The molecule has 2 heterocycles. The molecule has 0 aromatic carbocycles. The Morgan fingerprint density at radius 3 is 2.67 bits per heavy atom. The summed E-state index contributed by atoms with van der Waals surface area (Å²) in [6, 6.07) is 0.669. The second-order valence-electron chi connectivity index (χ2n) is 7.22. The molecule has 4 heteroatoms. The normalized spacial score (nSPS) is 28.2. The van der Waals surface area contributed by atoms with Crippen molar-refractivity contribution in [2.75, 3.05) is 26.7 Å². The first-order valence-electron chi connectivity index (χ1n) is 8.80. The van der Waals surface area contributed by atoms with Crippen LogP contribution in [0.3, 0.4) is 0 Å². The second kappa shape index (κ2) is 8.14. The third-order valence-electron chi connectivity index (χ3n) is 5.14. The van der Waals surface area contributed by atoms with Crippen LogP contribution in [-0.2, 0) is 4.79 Å². The van der Waals surface area contributed by atoms with Gasteiger partial charge in [-0.3, -0.25) is 4.79 Å². The van der Waals surface area contributed by atoms with Crippen LogP contribution in [0, 0.1) is 11.8 Å². The van der Waals surface area contributed by atoms with E-state index in [1.807, 2.05) is 7.05 Å². The summed E-state index contributed by atoms with van der Waals surface area (Å²) in [4.78, 5) is 15.0. The maximum absolute atomic E-state index is 12.3. The molecule has 122 valence electrons. The molecule has 0 spiro atoms. The highest BCUT2D eigenvalue weighted by atomic mass is 16.2. The zero-order valence-electron chi connectivity index (χ0n) is 14.0. The van der Waals surface area contributed by atoms with Gasteiger partial charge < -0.3 is 15.5 Å². The fraction of sp³-hybridized carbons (Fsp3) is 0.941. The van der Waals surface area contributed by atoms with Gasteiger partial charge in [0.2, 0.25) is 5.91 Å². The van der Waals surface area contributed by atoms with E-state index in [2.05, 4.69) is 29.4 Å². The molecule has 2 rings (SSSR count). The Morgan fingerprint density at radius 2 is 1.95 bits per heavy atom. The smallest absolute Gasteiger partial charge is 0.237 e. The highest BCUT2D eigenvalue weighted by molar-refractivity contribution is 5.81. The van der Waals surface area contributed by atoms with Crippen molar-refractivity contribution in [1.82, 2.24) is 15.5 Å². The number of nitrogens with one attached hydrogen (secondary N) is 2. The molecule has 21 heavy (non-hydrogen) atoms. The summed E-state index contributed by atoms with van der Waals surface area (Å²) in [7, 11) is 1.89. The lowest BCUT2D eigenvalue weighted by Gasteiger charge is -2.44. The molecule has 1 amide bonds. The van der Waals surface area contributed by atoms with E-state index in [0.29, 0.717) is 17.9 Å². The standard InChI is InChI=1S/C17H33N3O/c1-13(2)11-15(18-3)17(21)19-12-14-7-6-10-20-9-5-4-8-16(14)20/h13-16,18H,4-12H2,1-3H3,(H,19,21)/t14?,15-,16?/m0/s1. The van der Waals surface area contributed by atoms with Crippen LogP contribution in [0.4, 0.5) is 0 Å². The van der Waals surface area contributed by atoms with Gasteiger partial charge in [-0.05, 0) is 64.1 Å². The summed E-state index contributed by atoms with van der Waals surface area (Å²) < 4.78 is 0. The molecule has 2 fully saturated rings. The summed E-state index contributed by atoms with van der Waals surface area (Å²) in [6.07, 6.45) is 7.50. The molecule has 2 aliphatic heterocycles. The summed E-state index contributed by atoms with van der Waals surface area (Å²) in [5.74, 6) is 1.37. The van der Waals surface area contributed by atoms with Gasteiger partial charge in [-0.25, -0.2) is 0 Å². The van der Waals surface area contributed by atoms with E-state index in [0.717, 1.165) is 13.0 Å². The Morgan fingerprint density at radius 1 is 1.19 bits per heavy atom. The lowest BCUT2D eigenvalue weighted by molar-refractivity contribution is -0.123. The van der Waals surface area contributed by atoms with E-state index in [1.165, 1.54) is 45.2 Å². The summed E-state index contributed by atoms with van der Waals surface area (Å²) in [6.45, 7) is 7.72. The lowest BCUT2D eigenvalue weighted by Crippen LogP contribution is -2.52. The minimum absolute atomic E-state index is 0.0453. The van der Waals surface area contributed by atoms with Crippen molar-refractivity contribution >= 4 is 5.91 Å². The van der Waals surface area contributed by atoms with Crippen LogP contribution in [0.2, 0.25) is 0 Å². The molecule has 2 unspecified atom stereocenters. The van der Waals surface area contributed by atoms with E-state index in [-0.39, 0.29) is 11.9 Å². The number of amides is 1. The molecule has 0 radical (unpaired) electrons. The van der Waals surface area contributed by atoms with Gasteiger partial charge in [0.1, 0.15) is 0 Å². The number of carbonyl (C=O) groups is 1. The number of nitrogens with zero attached hydrogens (tertiary/aromatic N) is 1. The zero-order chi connectivity index (χ0) is 15.2. The molecule has 0 aliphatic carbocycles. The fourth-order valence-corrected chi connectivity index (χ4v) is 4.00. The summed E-state index contributed by atoms with van der Waals surface area (Å²) >= 11 is 0. The van der Waals surface area contributed by atoms with E-state index < -0.39 is 0 Å². The minimum Gasteiger partial charge on any atom is -0.354 e. The zero-order valence-corrected chi connectivity index (χ0v) is 14.0. The van der Waals surface area contributed by atoms with E-state index in [9.17, 15) is 4.79 Å². The summed E-state index contributed by atoms with van der Waals surface area (Å²) in [5.41, 5.74) is 0. The number of fused-ring (bicyclic) bond motifs is 1. The largest absolute Gasteiger partial charge is 0.354 e. The van der Waals surface area contributed by atoms with Gasteiger partial charge in [-0.2, -0.15) is 0 Å². The Kier molecular flexibility index (Phi) is 6.49. The molecule has 2 saturated heterocycles. The average Bonchev–Trinajstić information content (AvgIpc) is 2.50. The molecule has 0 aromatic heterocycles. The quantitative estimate of drug-likeness (QED) is 0.788. The first kappa shape index (κ1) is 16.8. The number of likely N-dealkylation sites (N-methyl/N-ethyl adjacent to an activating group) is 1. The number of hydrogen-bond acceptors (Lipinski definition) is 3. The Balaban J connectivity index is 1.82. The van der Waals surface area contributed by atoms with Crippen molar-refractivity contribution in [3.63, 3.8) is 0 Å². The lowest BCUT2D eigenvalue weighted by atomic mass is 9.83. The predicted octanol–water partition coefficient (Wildman–Crippen LogP) is 2.00. The van der Waals surface area contributed by atoms with Crippen molar-refractivity contribution in [2.24, 2.45) is 11.8 Å². The Hall–Kier alpha value is -0.610. The van der Waals surface area contributed by atoms with Crippen molar-refractivity contribution in [3.05, 3.63) is 0 Å². The van der Waals surface area contributed by atoms with Crippen molar-refractivity contribution in [1.29, 1.82) is 0 Å². The first-order valence-corrected chi connectivity index (χ1v) is 8.80. The SMILES string of the molecule is CN[C@@H](CC(C)C)C(=O)NCC1CCCN2CCCCC12. The van der Waals surface area contributed by atoms with E-state index >= 15 is 0 Å². The van der Waals surface area contributed by atoms with Gasteiger partial charge in [-0.15, -0.1) is 0 Å². The van der Waals surface area contributed by atoms with Crippen LogP contribution in [0.1, 0.15) is 52.4 Å². The van der Waals surface area contributed by atoms with Crippen LogP contribution in [0.5, 0.6) is 0 Å². The Labute approximate surface area is 130 Å². The van der Waals surface area contributed by atoms with Crippen LogP contribution < -0.4 is 10.6 Å². The highest BCUT2D eigenvalue weighted by Gasteiger charge is 2.33. The molecular formula is C17H33N3O. The summed E-state index contributed by atoms with van der Waals surface area (Å²) in [5, 5.41) is 6.37. The molecule has 2 N–H and O–H groups in total. The number of rotatable bonds is 6. The minimum atomic E-state index is -0.0453. The van der Waals surface area contributed by atoms with Crippen molar-refractivity contribution in [2.45, 2.75) is 64.5 Å². The van der Waals surface area contributed by atoms with Crippen LogP contribution in [0.25, 0.3) is 0 Å². The maximum atomic E-state index is 12.3. The predicted molar refractivity (Wildman–Crippen MR) is 87.2 cm³/mol. The molecular weight excluding hydrogens is 262 g/mol. The van der Waals surface area contributed by atoms with Crippen LogP contribution >= 0.6 is 0 Å². The number of carbonyl (C=O) groups excluding carboxylic acids is 1. The third-order valence-corrected chi connectivity index (χ3v) is 5.14. The fourth-order valence-electron chi connectivity index (χ4n) is 4.00. The van der Waals surface area contributed by atoms with Crippen molar-refractivity contribution in [3.8, 4) is 0 Å². The third kappa shape index (κ3) is 4.68. The van der Waals surface area contributed by atoms with Gasteiger partial charge in [0.15, 0.2) is 0 Å². The topological polar surface area (TPSA) is 44.4 Å². The molecule has 2 aliphatic rings. The molecule has 0 aromatic rings. The van der Waals surface area contributed by atoms with Gasteiger partial charge in [-0.1, -0.05) is 20.3 Å². The molecule has 0 saturated carbocycles. The number of piperidine rings is 2. The monoisotopic (exact) mass is 295 g/mol. The van der Waals surface area contributed by atoms with Crippen molar-refractivity contribution < 1.29 is 4.79 Å². The van der Waals surface area contributed by atoms with Gasteiger partial charge in [0, 0.05) is 12.6 Å². The van der Waals surface area contributed by atoms with Gasteiger partial charge >= 0.3 is 0 Å². The van der Waals surface area contributed by atoms with E-state index in [1.54, 1.807) is 0 Å². The first-order chi connectivity index (χ1) is 10.1. The van der Waals surface area contributed by atoms with Gasteiger partial charge in [0.25, 0.3) is 0 Å². The molecule has 0 bridgehead atoms. The molecule has 4 nitrogen and oxygen atoms in total. The van der Waals surface area contributed by atoms with Gasteiger partial charge in [0.05, 0.1) is 6.04 Å². The highest BCUT2D eigenvalue weighted by Crippen LogP contribution is 2.30. The molecule has 3 atom stereocenters. The maximum Gasteiger partial charge on any atom is 0.237 e. The van der Waals surface area contributed by atoms with Crippen LogP contribution in [0.15, 0.2) is 0 Å². The second-order valence-corrected chi connectivity index (χ2v) is 7.22. The Bertz CT molecular complexity index is 330. The van der Waals surface area contributed by atoms with Crippen LogP contribution in [-0.4, -0.2) is 49.6 Å².